The first-order chi connectivity index (χ1) is 20.6. The van der Waals surface area contributed by atoms with E-state index in [-0.39, 0.29) is 24.0 Å². The Bertz CT molecular complexity index is 1670. The van der Waals surface area contributed by atoms with Crippen LogP contribution in [0.3, 0.4) is 0 Å². The van der Waals surface area contributed by atoms with Crippen LogP contribution in [-0.2, 0) is 22.7 Å². The van der Waals surface area contributed by atoms with Crippen molar-refractivity contribution >= 4 is 34.4 Å². The Morgan fingerprint density at radius 3 is 2.37 bits per heavy atom. The maximum Gasteiger partial charge on any atom is 0.333 e. The Morgan fingerprint density at radius 1 is 1.05 bits per heavy atom. The zero-order chi connectivity index (χ0) is 31.1. The predicted molar refractivity (Wildman–Crippen MR) is 170 cm³/mol. The molecule has 1 atom stereocenters. The maximum absolute atomic E-state index is 14.2. The number of carbonyl (C=O) groups is 2. The molecule has 2 N–H and O–H groups in total. The van der Waals surface area contributed by atoms with Gasteiger partial charge >= 0.3 is 5.97 Å². The summed E-state index contributed by atoms with van der Waals surface area (Å²) in [6, 6.07) is 21.1. The number of nitrogens with zero attached hydrogens (tertiary/aromatic N) is 3. The van der Waals surface area contributed by atoms with Gasteiger partial charge in [-0.05, 0) is 67.3 Å². The Hall–Kier alpha value is -4.27. The number of fused-ring (bicyclic) bond motifs is 1. The van der Waals surface area contributed by atoms with Gasteiger partial charge in [-0.1, -0.05) is 74.5 Å². The van der Waals surface area contributed by atoms with Crippen molar-refractivity contribution in [2.45, 2.75) is 46.4 Å². The molecule has 0 bridgehead atoms. The molecule has 43 heavy (non-hydrogen) atoms. The van der Waals surface area contributed by atoms with E-state index in [9.17, 15) is 14.4 Å². The summed E-state index contributed by atoms with van der Waals surface area (Å²) in [7, 11) is 0. The Labute approximate surface area is 256 Å². The highest BCUT2D eigenvalue weighted by molar-refractivity contribution is 6.31. The van der Waals surface area contributed by atoms with Gasteiger partial charge in [-0.15, -0.1) is 0 Å². The van der Waals surface area contributed by atoms with Crippen LogP contribution in [0.4, 0.5) is 0 Å². The monoisotopic (exact) mass is 600 g/mol. The van der Waals surface area contributed by atoms with Crippen LogP contribution in [0.5, 0.6) is 0 Å². The first-order valence-electron chi connectivity index (χ1n) is 14.3. The van der Waals surface area contributed by atoms with Gasteiger partial charge in [-0.3, -0.25) is 14.2 Å². The molecular weight excluding hydrogens is 564 g/mol. The van der Waals surface area contributed by atoms with E-state index in [1.165, 1.54) is 0 Å². The largest absolute Gasteiger partial charge is 0.457 e. The van der Waals surface area contributed by atoms with E-state index in [2.05, 4.69) is 6.58 Å². The molecule has 0 saturated heterocycles. The lowest BCUT2D eigenvalue weighted by Crippen LogP contribution is -2.42. The number of hydrogen-bond donors (Lipinski definition) is 1. The van der Waals surface area contributed by atoms with E-state index in [1.807, 2.05) is 44.2 Å². The third kappa shape index (κ3) is 7.58. The number of aromatic nitrogens is 2. The number of hydrogen-bond acceptors (Lipinski definition) is 6. The number of amides is 1. The normalized spacial score (nSPS) is 11.9. The smallest absolute Gasteiger partial charge is 0.333 e. The van der Waals surface area contributed by atoms with Crippen LogP contribution in [0.1, 0.15) is 60.5 Å². The Kier molecular flexibility index (Phi) is 10.5. The van der Waals surface area contributed by atoms with E-state index in [4.69, 9.17) is 27.1 Å². The minimum Gasteiger partial charge on any atom is -0.457 e. The fourth-order valence-corrected chi connectivity index (χ4v) is 5.13. The summed E-state index contributed by atoms with van der Waals surface area (Å²) < 4.78 is 6.90. The standard InChI is InChI=1S/C34H37ClN4O4/c1-22(2)30(38(18-8-17-36)32(40)26-13-11-25(12-14-26)21-43-34(42)23(3)4)31-37-29-19-27(35)15-16-28(29)33(41)39(31)20-24-9-6-5-7-10-24/h5-7,9-16,19,22,30H,3,8,17-18,20-21,36H2,1-2,4H3/t30-/m1/s1. The van der Waals surface area contributed by atoms with E-state index in [1.54, 1.807) is 58.9 Å². The number of benzene rings is 3. The van der Waals surface area contributed by atoms with Gasteiger partial charge in [0.25, 0.3) is 11.5 Å². The quantitative estimate of drug-likeness (QED) is 0.160. The SMILES string of the molecule is C=C(C)C(=O)OCc1ccc(C(=O)N(CCCN)[C@@H](c2nc3cc(Cl)ccc3c(=O)n2Cc2ccccc2)C(C)C)cc1. The van der Waals surface area contributed by atoms with Crippen molar-refractivity contribution in [2.75, 3.05) is 13.1 Å². The summed E-state index contributed by atoms with van der Waals surface area (Å²) in [5.41, 5.74) is 8.63. The van der Waals surface area contributed by atoms with Crippen LogP contribution >= 0.6 is 11.6 Å². The van der Waals surface area contributed by atoms with E-state index in [0.717, 1.165) is 11.1 Å². The molecule has 0 aliphatic heterocycles. The van der Waals surface area contributed by atoms with Gasteiger partial charge < -0.3 is 15.4 Å². The molecule has 0 unspecified atom stereocenters. The zero-order valence-electron chi connectivity index (χ0n) is 24.8. The van der Waals surface area contributed by atoms with Crippen LogP contribution in [0.2, 0.25) is 5.02 Å². The van der Waals surface area contributed by atoms with Crippen molar-refractivity contribution in [1.82, 2.24) is 14.5 Å². The van der Waals surface area contributed by atoms with Crippen molar-refractivity contribution in [3.63, 3.8) is 0 Å². The lowest BCUT2D eigenvalue weighted by Gasteiger charge is -2.35. The van der Waals surface area contributed by atoms with Crippen LogP contribution in [0, 0.1) is 5.92 Å². The fraction of sp³-hybridized carbons (Fsp3) is 0.294. The van der Waals surface area contributed by atoms with Gasteiger partial charge in [0.2, 0.25) is 0 Å². The molecule has 9 heteroatoms. The van der Waals surface area contributed by atoms with Gasteiger partial charge in [0.1, 0.15) is 12.4 Å². The molecule has 0 aliphatic carbocycles. The minimum absolute atomic E-state index is 0.0704. The Morgan fingerprint density at radius 2 is 1.74 bits per heavy atom. The van der Waals surface area contributed by atoms with Crippen molar-refractivity contribution in [1.29, 1.82) is 0 Å². The molecule has 0 fully saturated rings. The third-order valence-electron chi connectivity index (χ3n) is 7.15. The van der Waals surface area contributed by atoms with E-state index < -0.39 is 12.0 Å². The summed E-state index contributed by atoms with van der Waals surface area (Å²) >= 11 is 6.31. The topological polar surface area (TPSA) is 108 Å². The zero-order valence-corrected chi connectivity index (χ0v) is 25.5. The highest BCUT2D eigenvalue weighted by Gasteiger charge is 2.32. The number of esters is 1. The molecule has 4 aromatic rings. The van der Waals surface area contributed by atoms with Crippen LogP contribution in [0.15, 0.2) is 89.7 Å². The van der Waals surface area contributed by atoms with Crippen molar-refractivity contribution < 1.29 is 14.3 Å². The number of nitrogens with two attached hydrogens (primary N) is 1. The first kappa shape index (κ1) is 31.7. The van der Waals surface area contributed by atoms with E-state index >= 15 is 0 Å². The third-order valence-corrected chi connectivity index (χ3v) is 7.38. The molecule has 1 amide bonds. The van der Waals surface area contributed by atoms with Crippen molar-refractivity contribution in [2.24, 2.45) is 11.7 Å². The minimum atomic E-state index is -0.546. The molecule has 0 radical (unpaired) electrons. The summed E-state index contributed by atoms with van der Waals surface area (Å²) in [5, 5.41) is 0.923. The molecule has 1 aromatic heterocycles. The van der Waals surface area contributed by atoms with Crippen LogP contribution in [-0.4, -0.2) is 39.4 Å². The second-order valence-corrected chi connectivity index (χ2v) is 11.3. The molecular formula is C34H37ClN4O4. The van der Waals surface area contributed by atoms with Crippen LogP contribution in [0.25, 0.3) is 10.9 Å². The average Bonchev–Trinajstić information content (AvgIpc) is 2.99. The lowest BCUT2D eigenvalue weighted by molar-refractivity contribution is -0.140. The molecule has 0 aliphatic rings. The van der Waals surface area contributed by atoms with Gasteiger partial charge in [-0.2, -0.15) is 0 Å². The molecule has 0 spiro atoms. The molecule has 0 saturated carbocycles. The number of halogens is 1. The molecule has 8 nitrogen and oxygen atoms in total. The van der Waals surface area contributed by atoms with Crippen molar-refractivity contribution in [3.05, 3.63) is 123 Å². The maximum atomic E-state index is 14.2. The summed E-state index contributed by atoms with van der Waals surface area (Å²) in [5.74, 6) is -0.316. The average molecular weight is 601 g/mol. The number of carbonyl (C=O) groups excluding carboxylic acids is 2. The van der Waals surface area contributed by atoms with E-state index in [0.29, 0.717) is 58.9 Å². The van der Waals surface area contributed by atoms with Gasteiger partial charge in [0.05, 0.1) is 23.5 Å². The lowest BCUT2D eigenvalue weighted by atomic mass is 9.98. The first-order valence-corrected chi connectivity index (χ1v) is 14.6. The molecule has 3 aromatic carbocycles. The molecule has 4 rings (SSSR count). The van der Waals surface area contributed by atoms with Gasteiger partial charge in [-0.25, -0.2) is 9.78 Å². The van der Waals surface area contributed by atoms with Gasteiger partial charge in [0, 0.05) is 22.7 Å². The van der Waals surface area contributed by atoms with Crippen molar-refractivity contribution in [3.8, 4) is 0 Å². The fourth-order valence-electron chi connectivity index (χ4n) is 4.96. The summed E-state index contributed by atoms with van der Waals surface area (Å²) in [6.07, 6.45) is 0.562. The van der Waals surface area contributed by atoms with Crippen LogP contribution < -0.4 is 11.3 Å². The number of ether oxygens (including phenoxy) is 1. The predicted octanol–water partition coefficient (Wildman–Crippen LogP) is 5.91. The second-order valence-electron chi connectivity index (χ2n) is 10.9. The number of rotatable bonds is 12. The van der Waals surface area contributed by atoms with Gasteiger partial charge in [0.15, 0.2) is 0 Å². The highest BCUT2D eigenvalue weighted by Crippen LogP contribution is 2.31. The molecule has 224 valence electrons. The molecule has 1 heterocycles. The summed E-state index contributed by atoms with van der Waals surface area (Å²) in [6.45, 7) is 10.3. The Balaban J connectivity index is 1.79. The highest BCUT2D eigenvalue weighted by atomic mass is 35.5. The summed E-state index contributed by atoms with van der Waals surface area (Å²) in [4.78, 5) is 46.7. The second kappa shape index (κ2) is 14.3.